The molecule has 96 valence electrons. The van der Waals surface area contributed by atoms with Crippen LogP contribution in [0.5, 0.6) is 0 Å². The van der Waals surface area contributed by atoms with Crippen molar-refractivity contribution in [2.75, 3.05) is 0 Å². The van der Waals surface area contributed by atoms with Gasteiger partial charge in [-0.05, 0) is 12.8 Å². The van der Waals surface area contributed by atoms with Gasteiger partial charge >= 0.3 is 6.18 Å². The Kier molecular flexibility index (Phi) is 3.03. The van der Waals surface area contributed by atoms with Crippen molar-refractivity contribution < 1.29 is 18.0 Å². The minimum absolute atomic E-state index is 0.0189. The number of aromatic nitrogens is 2. The lowest BCUT2D eigenvalue weighted by Gasteiger charge is -2.11. The van der Waals surface area contributed by atoms with E-state index in [0.717, 1.165) is 19.0 Å². The van der Waals surface area contributed by atoms with Gasteiger partial charge in [0.15, 0.2) is 5.69 Å². The van der Waals surface area contributed by atoms with Gasteiger partial charge in [-0.1, -0.05) is 5.92 Å². The lowest BCUT2D eigenvalue weighted by molar-refractivity contribution is -0.144. The van der Waals surface area contributed by atoms with Crippen molar-refractivity contribution in [1.29, 1.82) is 0 Å². The molecule has 0 aromatic carbocycles. The predicted molar refractivity (Wildman–Crippen MR) is 56.6 cm³/mol. The lowest BCUT2D eigenvalue weighted by atomic mass is 10.2. The van der Waals surface area contributed by atoms with E-state index in [4.69, 9.17) is 6.42 Å². The molecule has 1 aromatic rings. The summed E-state index contributed by atoms with van der Waals surface area (Å²) >= 11 is 0. The van der Waals surface area contributed by atoms with Gasteiger partial charge in [0, 0.05) is 6.04 Å². The molecule has 1 aliphatic carbocycles. The smallest absolute Gasteiger partial charge is 0.349 e. The monoisotopic (exact) mass is 257 g/mol. The van der Waals surface area contributed by atoms with E-state index in [-0.39, 0.29) is 12.6 Å². The van der Waals surface area contributed by atoms with Crippen molar-refractivity contribution in [3.8, 4) is 12.3 Å². The summed E-state index contributed by atoms with van der Waals surface area (Å²) < 4.78 is 39.2. The standard InChI is InChI=1S/C11H10F3N3O/c1-2-5-17-9(11(12,13)14)8(6-15-17)10(18)16-7-3-4-7/h1,6-7H,3-5H2,(H,16,18). The minimum Gasteiger partial charge on any atom is -0.349 e. The van der Waals surface area contributed by atoms with Crippen molar-refractivity contribution in [2.45, 2.75) is 31.6 Å². The van der Waals surface area contributed by atoms with E-state index in [1.165, 1.54) is 0 Å². The fourth-order valence-electron chi connectivity index (χ4n) is 1.55. The first-order valence-corrected chi connectivity index (χ1v) is 5.31. The van der Waals surface area contributed by atoms with Crippen LogP contribution in [0.3, 0.4) is 0 Å². The Hall–Kier alpha value is -1.97. The highest BCUT2D eigenvalue weighted by atomic mass is 19.4. The van der Waals surface area contributed by atoms with Crippen LogP contribution < -0.4 is 5.32 Å². The summed E-state index contributed by atoms with van der Waals surface area (Å²) in [5.74, 6) is 1.31. The van der Waals surface area contributed by atoms with Gasteiger partial charge in [0.05, 0.1) is 11.8 Å². The first-order chi connectivity index (χ1) is 8.43. The minimum atomic E-state index is -4.66. The van der Waals surface area contributed by atoms with E-state index in [0.29, 0.717) is 4.68 Å². The number of amides is 1. The maximum atomic E-state index is 12.9. The van der Waals surface area contributed by atoms with Crippen LogP contribution in [0.1, 0.15) is 28.9 Å². The second kappa shape index (κ2) is 4.37. The Labute approximate surface area is 101 Å². The molecule has 1 fully saturated rings. The summed E-state index contributed by atoms with van der Waals surface area (Å²) in [5, 5.41) is 6.01. The molecule has 0 unspecified atom stereocenters. The number of rotatable bonds is 3. The predicted octanol–water partition coefficient (Wildman–Crippen LogP) is 1.43. The highest BCUT2D eigenvalue weighted by Crippen LogP contribution is 2.32. The average molecular weight is 257 g/mol. The third-order valence-corrected chi connectivity index (χ3v) is 2.51. The molecule has 1 N–H and O–H groups in total. The molecule has 0 saturated heterocycles. The van der Waals surface area contributed by atoms with Crippen LogP contribution in [-0.4, -0.2) is 21.7 Å². The van der Waals surface area contributed by atoms with Crippen LogP contribution in [0.4, 0.5) is 13.2 Å². The molecule has 0 spiro atoms. The van der Waals surface area contributed by atoms with E-state index in [9.17, 15) is 18.0 Å². The summed E-state index contributed by atoms with van der Waals surface area (Å²) in [7, 11) is 0. The number of nitrogens with zero attached hydrogens (tertiary/aromatic N) is 2. The van der Waals surface area contributed by atoms with Crippen LogP contribution in [0.25, 0.3) is 0 Å². The molecule has 1 saturated carbocycles. The van der Waals surface area contributed by atoms with E-state index < -0.39 is 23.3 Å². The third kappa shape index (κ3) is 2.47. The van der Waals surface area contributed by atoms with Crippen molar-refractivity contribution in [3.63, 3.8) is 0 Å². The molecule has 7 heteroatoms. The van der Waals surface area contributed by atoms with Gasteiger partial charge in [0.1, 0.15) is 6.54 Å². The van der Waals surface area contributed by atoms with Crippen LogP contribution >= 0.6 is 0 Å². The molecular formula is C11H10F3N3O. The molecule has 0 radical (unpaired) electrons. The van der Waals surface area contributed by atoms with Crippen molar-refractivity contribution in [1.82, 2.24) is 15.1 Å². The van der Waals surface area contributed by atoms with Gasteiger partial charge in [-0.25, -0.2) is 4.68 Å². The Morgan fingerprint density at radius 1 is 1.61 bits per heavy atom. The fourth-order valence-corrected chi connectivity index (χ4v) is 1.55. The maximum Gasteiger partial charge on any atom is 0.433 e. The highest BCUT2D eigenvalue weighted by molar-refractivity contribution is 5.95. The second-order valence-electron chi connectivity index (χ2n) is 4.01. The normalized spacial score (nSPS) is 15.2. The Bertz CT molecular complexity index is 509. The van der Waals surface area contributed by atoms with Crippen LogP contribution in [0.2, 0.25) is 0 Å². The van der Waals surface area contributed by atoms with Gasteiger partial charge in [-0.15, -0.1) is 6.42 Å². The Morgan fingerprint density at radius 3 is 2.78 bits per heavy atom. The second-order valence-corrected chi connectivity index (χ2v) is 4.01. The summed E-state index contributed by atoms with van der Waals surface area (Å²) in [6.07, 6.45) is 2.80. The lowest BCUT2D eigenvalue weighted by Crippen LogP contribution is -2.28. The van der Waals surface area contributed by atoms with E-state index in [2.05, 4.69) is 16.3 Å². The van der Waals surface area contributed by atoms with Crippen molar-refractivity contribution in [3.05, 3.63) is 17.5 Å². The zero-order chi connectivity index (χ0) is 13.3. The SMILES string of the molecule is C#CCn1ncc(C(=O)NC2CC2)c1C(F)(F)F. The molecule has 0 atom stereocenters. The van der Waals surface area contributed by atoms with E-state index in [1.807, 2.05) is 0 Å². The summed E-state index contributed by atoms with van der Waals surface area (Å²) in [4.78, 5) is 11.7. The molecule has 0 bridgehead atoms. The number of carbonyl (C=O) groups excluding carboxylic acids is 1. The molecule has 4 nitrogen and oxygen atoms in total. The number of hydrogen-bond donors (Lipinski definition) is 1. The molecular weight excluding hydrogens is 247 g/mol. The van der Waals surface area contributed by atoms with Gasteiger partial charge in [-0.3, -0.25) is 4.79 Å². The number of alkyl halides is 3. The molecule has 1 aromatic heterocycles. The molecule has 1 heterocycles. The molecule has 1 amide bonds. The zero-order valence-corrected chi connectivity index (χ0v) is 9.29. The number of nitrogens with one attached hydrogen (secondary N) is 1. The van der Waals surface area contributed by atoms with Crippen LogP contribution in [0.15, 0.2) is 6.20 Å². The van der Waals surface area contributed by atoms with Gasteiger partial charge in [0.2, 0.25) is 0 Å². The first kappa shape index (κ1) is 12.5. The van der Waals surface area contributed by atoms with Crippen molar-refractivity contribution >= 4 is 5.91 Å². The molecule has 2 rings (SSSR count). The Balaban J connectivity index is 2.34. The molecule has 18 heavy (non-hydrogen) atoms. The van der Waals surface area contributed by atoms with E-state index >= 15 is 0 Å². The van der Waals surface area contributed by atoms with Crippen LogP contribution in [-0.2, 0) is 12.7 Å². The average Bonchev–Trinajstić information content (AvgIpc) is 2.94. The summed E-state index contributed by atoms with van der Waals surface area (Å²) in [5.41, 5.74) is -1.58. The number of halogens is 3. The number of terminal acetylenes is 1. The molecule has 0 aliphatic heterocycles. The fraction of sp³-hybridized carbons (Fsp3) is 0.455. The first-order valence-electron chi connectivity index (χ1n) is 5.31. The Morgan fingerprint density at radius 2 is 2.28 bits per heavy atom. The quantitative estimate of drug-likeness (QED) is 0.833. The number of carbonyl (C=O) groups is 1. The van der Waals surface area contributed by atoms with Gasteiger partial charge in [-0.2, -0.15) is 18.3 Å². The van der Waals surface area contributed by atoms with Crippen molar-refractivity contribution in [2.24, 2.45) is 0 Å². The highest BCUT2D eigenvalue weighted by Gasteiger charge is 2.40. The topological polar surface area (TPSA) is 46.9 Å². The van der Waals surface area contributed by atoms with Gasteiger partial charge in [0.25, 0.3) is 5.91 Å². The summed E-state index contributed by atoms with van der Waals surface area (Å²) in [6.45, 7) is -0.328. The molecule has 1 aliphatic rings. The largest absolute Gasteiger partial charge is 0.433 e. The zero-order valence-electron chi connectivity index (χ0n) is 9.29. The van der Waals surface area contributed by atoms with Gasteiger partial charge < -0.3 is 5.32 Å². The van der Waals surface area contributed by atoms with Crippen LogP contribution in [0, 0.1) is 12.3 Å². The number of hydrogen-bond acceptors (Lipinski definition) is 2. The van der Waals surface area contributed by atoms with E-state index in [1.54, 1.807) is 0 Å². The third-order valence-electron chi connectivity index (χ3n) is 2.51. The summed E-state index contributed by atoms with van der Waals surface area (Å²) in [6, 6.07) is -0.0189. The maximum absolute atomic E-state index is 12.9.